The summed E-state index contributed by atoms with van der Waals surface area (Å²) in [5, 5.41) is 6.17. The Morgan fingerprint density at radius 1 is 1.33 bits per heavy atom. The number of anilines is 1. The van der Waals surface area contributed by atoms with Crippen molar-refractivity contribution in [3.8, 4) is 0 Å². The first-order valence-electron chi connectivity index (χ1n) is 7.58. The second kappa shape index (κ2) is 5.85. The van der Waals surface area contributed by atoms with E-state index >= 15 is 0 Å². The number of carbonyl (C=O) groups excluding carboxylic acids is 2. The van der Waals surface area contributed by atoms with Crippen molar-refractivity contribution in [2.45, 2.75) is 25.8 Å². The van der Waals surface area contributed by atoms with Gasteiger partial charge in [0, 0.05) is 42.8 Å². The largest absolute Gasteiger partial charge is 0.333 e. The van der Waals surface area contributed by atoms with Crippen molar-refractivity contribution >= 4 is 17.5 Å². The number of piperazine rings is 1. The molecule has 0 aromatic heterocycles. The average molecular weight is 287 g/mol. The standard InChI is InChI=1S/C16H21N3O2/c1-11-10-17-7-8-19(11)16(21)13-3-2-4-14(9-13)18-15(20)12-5-6-12/h2-4,9,11-12,17H,5-8,10H2,1H3,(H,18,20). The van der Waals surface area contributed by atoms with Gasteiger partial charge in [-0.15, -0.1) is 0 Å². The molecule has 1 unspecified atom stereocenters. The lowest BCUT2D eigenvalue weighted by molar-refractivity contribution is -0.117. The SMILES string of the molecule is CC1CNCCN1C(=O)c1cccc(NC(=O)C2CC2)c1. The van der Waals surface area contributed by atoms with E-state index in [4.69, 9.17) is 0 Å². The van der Waals surface area contributed by atoms with Gasteiger partial charge in [0.1, 0.15) is 0 Å². The zero-order valence-electron chi connectivity index (χ0n) is 12.3. The van der Waals surface area contributed by atoms with Gasteiger partial charge in [-0.1, -0.05) is 6.07 Å². The van der Waals surface area contributed by atoms with E-state index in [1.807, 2.05) is 30.0 Å². The highest BCUT2D eigenvalue weighted by Gasteiger charge is 2.30. The first kappa shape index (κ1) is 14.1. The fourth-order valence-electron chi connectivity index (χ4n) is 2.63. The topological polar surface area (TPSA) is 61.4 Å². The second-order valence-electron chi connectivity index (χ2n) is 5.90. The Hall–Kier alpha value is -1.88. The van der Waals surface area contributed by atoms with Crippen LogP contribution in [0, 0.1) is 5.92 Å². The molecule has 21 heavy (non-hydrogen) atoms. The molecule has 2 N–H and O–H groups in total. The Bertz CT molecular complexity index is 554. The molecule has 2 amide bonds. The third-order valence-corrected chi connectivity index (χ3v) is 4.09. The molecule has 1 saturated carbocycles. The average Bonchev–Trinajstić information content (AvgIpc) is 3.32. The van der Waals surface area contributed by atoms with Crippen molar-refractivity contribution in [1.82, 2.24) is 10.2 Å². The van der Waals surface area contributed by atoms with Crippen LogP contribution < -0.4 is 10.6 Å². The zero-order chi connectivity index (χ0) is 14.8. The molecule has 112 valence electrons. The van der Waals surface area contributed by atoms with Gasteiger partial charge in [0.05, 0.1) is 0 Å². The van der Waals surface area contributed by atoms with E-state index in [0.717, 1.165) is 32.5 Å². The highest BCUT2D eigenvalue weighted by Crippen LogP contribution is 2.30. The predicted octanol–water partition coefficient (Wildman–Crippen LogP) is 1.47. The fourth-order valence-corrected chi connectivity index (χ4v) is 2.63. The molecule has 0 radical (unpaired) electrons. The maximum absolute atomic E-state index is 12.6. The third-order valence-electron chi connectivity index (χ3n) is 4.09. The van der Waals surface area contributed by atoms with E-state index in [1.54, 1.807) is 6.07 Å². The van der Waals surface area contributed by atoms with E-state index in [1.165, 1.54) is 0 Å². The van der Waals surface area contributed by atoms with E-state index in [9.17, 15) is 9.59 Å². The summed E-state index contributed by atoms with van der Waals surface area (Å²) in [4.78, 5) is 26.3. The predicted molar refractivity (Wildman–Crippen MR) is 81.2 cm³/mol. The van der Waals surface area contributed by atoms with Gasteiger partial charge in [-0.05, 0) is 38.0 Å². The molecule has 3 rings (SSSR count). The Morgan fingerprint density at radius 3 is 2.86 bits per heavy atom. The van der Waals surface area contributed by atoms with E-state index in [-0.39, 0.29) is 23.8 Å². The van der Waals surface area contributed by atoms with E-state index in [0.29, 0.717) is 11.3 Å². The normalized spacial score (nSPS) is 22.0. The van der Waals surface area contributed by atoms with E-state index < -0.39 is 0 Å². The van der Waals surface area contributed by atoms with Gasteiger partial charge in [0.2, 0.25) is 5.91 Å². The monoisotopic (exact) mass is 287 g/mol. The fraction of sp³-hybridized carbons (Fsp3) is 0.500. The summed E-state index contributed by atoms with van der Waals surface area (Å²) in [5.74, 6) is 0.263. The Labute approximate surface area is 124 Å². The molecule has 0 bridgehead atoms. The molecule has 1 heterocycles. The number of hydrogen-bond donors (Lipinski definition) is 2. The van der Waals surface area contributed by atoms with Gasteiger partial charge >= 0.3 is 0 Å². The molecule has 1 saturated heterocycles. The van der Waals surface area contributed by atoms with Crippen molar-refractivity contribution in [2.24, 2.45) is 5.92 Å². The van der Waals surface area contributed by atoms with Gasteiger partial charge in [-0.3, -0.25) is 9.59 Å². The quantitative estimate of drug-likeness (QED) is 0.885. The second-order valence-corrected chi connectivity index (χ2v) is 5.90. The molecule has 2 fully saturated rings. The van der Waals surface area contributed by atoms with Crippen molar-refractivity contribution < 1.29 is 9.59 Å². The van der Waals surface area contributed by atoms with Crippen LogP contribution in [-0.4, -0.2) is 42.4 Å². The first-order chi connectivity index (χ1) is 10.1. The number of hydrogen-bond acceptors (Lipinski definition) is 3. The van der Waals surface area contributed by atoms with Crippen molar-refractivity contribution in [3.05, 3.63) is 29.8 Å². The highest BCUT2D eigenvalue weighted by molar-refractivity contribution is 5.98. The Balaban J connectivity index is 1.72. The van der Waals surface area contributed by atoms with Gasteiger partial charge in [-0.25, -0.2) is 0 Å². The maximum Gasteiger partial charge on any atom is 0.254 e. The minimum absolute atomic E-state index is 0.0338. The Morgan fingerprint density at radius 2 is 2.14 bits per heavy atom. The smallest absolute Gasteiger partial charge is 0.254 e. The number of benzene rings is 1. The first-order valence-corrected chi connectivity index (χ1v) is 7.58. The van der Waals surface area contributed by atoms with Crippen molar-refractivity contribution in [3.63, 3.8) is 0 Å². The van der Waals surface area contributed by atoms with Crippen molar-refractivity contribution in [1.29, 1.82) is 0 Å². The summed E-state index contributed by atoms with van der Waals surface area (Å²) in [6.45, 7) is 4.42. The van der Waals surface area contributed by atoms with E-state index in [2.05, 4.69) is 10.6 Å². The Kier molecular flexibility index (Phi) is 3.92. The number of nitrogens with one attached hydrogen (secondary N) is 2. The van der Waals surface area contributed by atoms with Crippen LogP contribution in [0.25, 0.3) is 0 Å². The van der Waals surface area contributed by atoms with Crippen LogP contribution in [0.5, 0.6) is 0 Å². The van der Waals surface area contributed by atoms with Gasteiger partial charge < -0.3 is 15.5 Å². The summed E-state index contributed by atoms with van der Waals surface area (Å²) >= 11 is 0. The van der Waals surface area contributed by atoms with Gasteiger partial charge in [0.25, 0.3) is 5.91 Å². The highest BCUT2D eigenvalue weighted by atomic mass is 16.2. The molecule has 1 atom stereocenters. The number of carbonyl (C=O) groups is 2. The van der Waals surface area contributed by atoms with Gasteiger partial charge in [-0.2, -0.15) is 0 Å². The van der Waals surface area contributed by atoms with Crippen LogP contribution in [0.2, 0.25) is 0 Å². The molecule has 2 aliphatic rings. The van der Waals surface area contributed by atoms with Crippen LogP contribution in [0.4, 0.5) is 5.69 Å². The van der Waals surface area contributed by atoms with Crippen LogP contribution in [0.15, 0.2) is 24.3 Å². The molecule has 1 aliphatic heterocycles. The summed E-state index contributed by atoms with van der Waals surface area (Å²) in [7, 11) is 0. The molecule has 1 aromatic carbocycles. The lowest BCUT2D eigenvalue weighted by atomic mass is 10.1. The zero-order valence-corrected chi connectivity index (χ0v) is 12.3. The molecule has 5 nitrogen and oxygen atoms in total. The number of amides is 2. The van der Waals surface area contributed by atoms with Crippen molar-refractivity contribution in [2.75, 3.05) is 25.0 Å². The minimum atomic E-state index is 0.0338. The lowest BCUT2D eigenvalue weighted by Crippen LogP contribution is -2.52. The minimum Gasteiger partial charge on any atom is -0.333 e. The van der Waals surface area contributed by atoms with Crippen LogP contribution in [-0.2, 0) is 4.79 Å². The number of rotatable bonds is 3. The summed E-state index contributed by atoms with van der Waals surface area (Å²) in [6, 6.07) is 7.43. The maximum atomic E-state index is 12.6. The summed E-state index contributed by atoms with van der Waals surface area (Å²) in [5.41, 5.74) is 1.35. The number of nitrogens with zero attached hydrogens (tertiary/aromatic N) is 1. The van der Waals surface area contributed by atoms with Crippen LogP contribution >= 0.6 is 0 Å². The molecule has 1 aliphatic carbocycles. The summed E-state index contributed by atoms with van der Waals surface area (Å²) in [6.07, 6.45) is 1.95. The summed E-state index contributed by atoms with van der Waals surface area (Å²) < 4.78 is 0. The molecular weight excluding hydrogens is 266 g/mol. The molecule has 5 heteroatoms. The molecule has 1 aromatic rings. The van der Waals surface area contributed by atoms with Crippen LogP contribution in [0.1, 0.15) is 30.1 Å². The van der Waals surface area contributed by atoms with Crippen LogP contribution in [0.3, 0.4) is 0 Å². The molecular formula is C16H21N3O2. The third kappa shape index (κ3) is 3.24. The van der Waals surface area contributed by atoms with Gasteiger partial charge in [0.15, 0.2) is 0 Å². The lowest BCUT2D eigenvalue weighted by Gasteiger charge is -2.34. The molecule has 0 spiro atoms.